The van der Waals surface area contributed by atoms with Crippen molar-refractivity contribution in [1.82, 2.24) is 10.6 Å². The highest BCUT2D eigenvalue weighted by molar-refractivity contribution is 5.19. The molecule has 0 radical (unpaired) electrons. The van der Waals surface area contributed by atoms with Crippen molar-refractivity contribution in [3.8, 4) is 0 Å². The number of methoxy groups -OCH3 is 1. The molecular weight excluding hydrogens is 176 g/mol. The standard InChI is InChI=1S/C11H18N2O/c1-14-10-3-2-6-13-11(10)9-4-7-12-8-5-9/h2-3,6,9,11-13H,4-5,7-8H2,1H3. The zero-order chi connectivity index (χ0) is 9.80. The SMILES string of the molecule is COC1=CC=CNC1C1CCNCC1. The van der Waals surface area contributed by atoms with Crippen molar-refractivity contribution in [2.24, 2.45) is 5.92 Å². The summed E-state index contributed by atoms with van der Waals surface area (Å²) in [5.41, 5.74) is 0. The maximum absolute atomic E-state index is 5.38. The summed E-state index contributed by atoms with van der Waals surface area (Å²) < 4.78 is 5.38. The highest BCUT2D eigenvalue weighted by atomic mass is 16.5. The number of piperidine rings is 1. The van der Waals surface area contributed by atoms with Gasteiger partial charge in [0.15, 0.2) is 0 Å². The van der Waals surface area contributed by atoms with Crippen LogP contribution in [0.2, 0.25) is 0 Å². The maximum Gasteiger partial charge on any atom is 0.118 e. The van der Waals surface area contributed by atoms with Crippen LogP contribution < -0.4 is 10.6 Å². The number of ether oxygens (including phenoxy) is 1. The first-order valence-electron chi connectivity index (χ1n) is 5.29. The fourth-order valence-electron chi connectivity index (χ4n) is 2.23. The van der Waals surface area contributed by atoms with Gasteiger partial charge in [0, 0.05) is 0 Å². The third-order valence-electron chi connectivity index (χ3n) is 3.03. The van der Waals surface area contributed by atoms with E-state index in [-0.39, 0.29) is 0 Å². The van der Waals surface area contributed by atoms with Crippen molar-refractivity contribution in [3.05, 3.63) is 24.1 Å². The Morgan fingerprint density at radius 2 is 2.14 bits per heavy atom. The number of dihydropyridines is 1. The van der Waals surface area contributed by atoms with Gasteiger partial charge in [0.2, 0.25) is 0 Å². The minimum absolute atomic E-state index is 0.382. The number of allylic oxidation sites excluding steroid dienone is 2. The molecule has 1 saturated heterocycles. The van der Waals surface area contributed by atoms with Gasteiger partial charge in [0.05, 0.1) is 13.2 Å². The normalized spacial score (nSPS) is 28.1. The summed E-state index contributed by atoms with van der Waals surface area (Å²) in [6.45, 7) is 2.26. The molecule has 0 saturated carbocycles. The first kappa shape index (κ1) is 9.59. The van der Waals surface area contributed by atoms with Gasteiger partial charge in [-0.25, -0.2) is 0 Å². The fourth-order valence-corrected chi connectivity index (χ4v) is 2.23. The molecule has 0 aromatic heterocycles. The maximum atomic E-state index is 5.38. The van der Waals surface area contributed by atoms with Crippen molar-refractivity contribution in [3.63, 3.8) is 0 Å². The molecule has 0 spiro atoms. The quantitative estimate of drug-likeness (QED) is 0.688. The van der Waals surface area contributed by atoms with E-state index in [9.17, 15) is 0 Å². The van der Waals surface area contributed by atoms with Crippen molar-refractivity contribution >= 4 is 0 Å². The Balaban J connectivity index is 2.01. The second kappa shape index (κ2) is 4.51. The summed E-state index contributed by atoms with van der Waals surface area (Å²) in [7, 11) is 1.75. The van der Waals surface area contributed by atoms with E-state index in [1.807, 2.05) is 12.3 Å². The molecule has 2 rings (SSSR count). The lowest BCUT2D eigenvalue weighted by Gasteiger charge is -2.32. The summed E-state index contributed by atoms with van der Waals surface area (Å²) in [6, 6.07) is 0.382. The Labute approximate surface area is 85.2 Å². The van der Waals surface area contributed by atoms with Crippen LogP contribution in [0.1, 0.15) is 12.8 Å². The molecule has 1 fully saturated rings. The van der Waals surface area contributed by atoms with E-state index >= 15 is 0 Å². The van der Waals surface area contributed by atoms with Gasteiger partial charge in [-0.3, -0.25) is 0 Å². The van der Waals surface area contributed by atoms with Crippen LogP contribution in [0.15, 0.2) is 24.1 Å². The molecule has 2 aliphatic heterocycles. The number of hydrogen-bond donors (Lipinski definition) is 2. The second-order valence-corrected chi connectivity index (χ2v) is 3.86. The summed E-state index contributed by atoms with van der Waals surface area (Å²) in [4.78, 5) is 0. The molecule has 78 valence electrons. The van der Waals surface area contributed by atoms with Crippen molar-refractivity contribution in [2.75, 3.05) is 20.2 Å². The van der Waals surface area contributed by atoms with Crippen molar-refractivity contribution in [2.45, 2.75) is 18.9 Å². The van der Waals surface area contributed by atoms with Crippen LogP contribution in [0.5, 0.6) is 0 Å². The van der Waals surface area contributed by atoms with Crippen LogP contribution in [-0.4, -0.2) is 26.2 Å². The first-order valence-corrected chi connectivity index (χ1v) is 5.29. The van der Waals surface area contributed by atoms with Crippen LogP contribution in [0.4, 0.5) is 0 Å². The Morgan fingerprint density at radius 3 is 2.86 bits per heavy atom. The summed E-state index contributed by atoms with van der Waals surface area (Å²) in [5.74, 6) is 1.77. The largest absolute Gasteiger partial charge is 0.499 e. The van der Waals surface area contributed by atoms with Crippen molar-refractivity contribution in [1.29, 1.82) is 0 Å². The molecule has 1 atom stereocenters. The van der Waals surface area contributed by atoms with Gasteiger partial charge in [-0.2, -0.15) is 0 Å². The molecule has 1 unspecified atom stereocenters. The zero-order valence-corrected chi connectivity index (χ0v) is 8.62. The summed E-state index contributed by atoms with van der Waals surface area (Å²) in [6.07, 6.45) is 8.52. The third-order valence-corrected chi connectivity index (χ3v) is 3.03. The zero-order valence-electron chi connectivity index (χ0n) is 8.62. The number of nitrogens with one attached hydrogen (secondary N) is 2. The molecule has 0 aromatic carbocycles. The third kappa shape index (κ3) is 1.93. The van der Waals surface area contributed by atoms with Crippen LogP contribution in [-0.2, 0) is 4.74 Å². The molecule has 3 heteroatoms. The predicted molar refractivity (Wildman–Crippen MR) is 56.7 cm³/mol. The summed E-state index contributed by atoms with van der Waals surface area (Å²) >= 11 is 0. The Bertz CT molecular complexity index is 242. The average Bonchev–Trinajstić information content (AvgIpc) is 2.30. The van der Waals surface area contributed by atoms with Crippen LogP contribution in [0, 0.1) is 5.92 Å². The summed E-state index contributed by atoms with van der Waals surface area (Å²) in [5, 5.41) is 6.77. The molecule has 3 nitrogen and oxygen atoms in total. The average molecular weight is 194 g/mol. The van der Waals surface area contributed by atoms with Gasteiger partial charge in [-0.15, -0.1) is 0 Å². The second-order valence-electron chi connectivity index (χ2n) is 3.86. The molecule has 14 heavy (non-hydrogen) atoms. The lowest BCUT2D eigenvalue weighted by atomic mass is 9.88. The van der Waals surface area contributed by atoms with E-state index in [0.29, 0.717) is 12.0 Å². The molecule has 2 heterocycles. The molecule has 2 N–H and O–H groups in total. The fraction of sp³-hybridized carbons (Fsp3) is 0.636. The topological polar surface area (TPSA) is 33.3 Å². The Hall–Kier alpha value is -0.960. The van der Waals surface area contributed by atoms with Crippen LogP contribution in [0.25, 0.3) is 0 Å². The molecule has 0 aromatic rings. The van der Waals surface area contributed by atoms with Gasteiger partial charge in [0.1, 0.15) is 5.76 Å². The minimum atomic E-state index is 0.382. The van der Waals surface area contributed by atoms with E-state index in [4.69, 9.17) is 4.74 Å². The highest BCUT2D eigenvalue weighted by Crippen LogP contribution is 2.23. The molecular formula is C11H18N2O. The minimum Gasteiger partial charge on any atom is -0.499 e. The van der Waals surface area contributed by atoms with Gasteiger partial charge in [-0.1, -0.05) is 0 Å². The smallest absolute Gasteiger partial charge is 0.118 e. The Kier molecular flexibility index (Phi) is 3.09. The van der Waals surface area contributed by atoms with Crippen LogP contribution in [0.3, 0.4) is 0 Å². The highest BCUT2D eigenvalue weighted by Gasteiger charge is 2.27. The van der Waals surface area contributed by atoms with Gasteiger partial charge in [0.25, 0.3) is 0 Å². The van der Waals surface area contributed by atoms with Crippen LogP contribution >= 0.6 is 0 Å². The first-order chi connectivity index (χ1) is 6.92. The molecule has 0 bridgehead atoms. The van der Waals surface area contributed by atoms with Gasteiger partial charge >= 0.3 is 0 Å². The van der Waals surface area contributed by atoms with Crippen molar-refractivity contribution < 1.29 is 4.74 Å². The number of rotatable bonds is 2. The van der Waals surface area contributed by atoms with Gasteiger partial charge in [-0.05, 0) is 50.2 Å². The lowest BCUT2D eigenvalue weighted by molar-refractivity contribution is 0.205. The lowest BCUT2D eigenvalue weighted by Crippen LogP contribution is -2.42. The van der Waals surface area contributed by atoms with E-state index < -0.39 is 0 Å². The molecule has 0 aliphatic carbocycles. The monoisotopic (exact) mass is 194 g/mol. The molecule has 0 amide bonds. The predicted octanol–water partition coefficient (Wildman–Crippen LogP) is 1.00. The molecule has 2 aliphatic rings. The van der Waals surface area contributed by atoms with E-state index in [1.165, 1.54) is 12.8 Å². The van der Waals surface area contributed by atoms with Gasteiger partial charge < -0.3 is 15.4 Å². The van der Waals surface area contributed by atoms with E-state index in [0.717, 1.165) is 18.8 Å². The Morgan fingerprint density at radius 1 is 1.36 bits per heavy atom. The van der Waals surface area contributed by atoms with E-state index in [2.05, 4.69) is 16.7 Å². The van der Waals surface area contributed by atoms with E-state index in [1.54, 1.807) is 7.11 Å². The number of hydrogen-bond acceptors (Lipinski definition) is 3.